The van der Waals surface area contributed by atoms with Crippen molar-refractivity contribution in [3.8, 4) is 5.75 Å². The van der Waals surface area contributed by atoms with Gasteiger partial charge in [-0.2, -0.15) is 0 Å². The van der Waals surface area contributed by atoms with Gasteiger partial charge in [-0.05, 0) is 91.2 Å². The minimum absolute atomic E-state index is 0.0674. The van der Waals surface area contributed by atoms with Gasteiger partial charge in [0.1, 0.15) is 17.2 Å². The van der Waals surface area contributed by atoms with Crippen molar-refractivity contribution in [3.05, 3.63) is 63.9 Å². The summed E-state index contributed by atoms with van der Waals surface area (Å²) in [6.45, 7) is 9.39. The number of aryl methyl sites for hydroxylation is 1. The summed E-state index contributed by atoms with van der Waals surface area (Å²) in [7, 11) is 5.69. The Morgan fingerprint density at radius 3 is 1.90 bits per heavy atom. The summed E-state index contributed by atoms with van der Waals surface area (Å²) >= 11 is 11.0. The first-order valence-electron chi connectivity index (χ1n) is 14.2. The number of amides is 1. The van der Waals surface area contributed by atoms with Crippen LogP contribution in [-0.4, -0.2) is 73.4 Å². The highest BCUT2D eigenvalue weighted by molar-refractivity contribution is 6.31. The van der Waals surface area contributed by atoms with E-state index in [0.717, 1.165) is 43.1 Å². The van der Waals surface area contributed by atoms with Gasteiger partial charge in [0.2, 0.25) is 0 Å². The SMILES string of the molecule is CC(C)(C)OC(=O)N1CCCC1.CN(C)C1CCCCC1.COC=O.Cc1cc(O)cc(F)c1Cl.Clc1ccccc1. The van der Waals surface area contributed by atoms with Crippen LogP contribution in [0.5, 0.6) is 5.75 Å². The zero-order valence-corrected chi connectivity index (χ0v) is 27.7. The van der Waals surface area contributed by atoms with Gasteiger partial charge in [-0.1, -0.05) is 60.7 Å². The van der Waals surface area contributed by atoms with Gasteiger partial charge < -0.3 is 24.4 Å². The van der Waals surface area contributed by atoms with Crippen molar-refractivity contribution in [2.75, 3.05) is 34.3 Å². The third-order valence-electron chi connectivity index (χ3n) is 6.09. The molecule has 4 rings (SSSR count). The molecule has 1 aliphatic heterocycles. The summed E-state index contributed by atoms with van der Waals surface area (Å²) in [6, 6.07) is 12.7. The molecule has 0 aromatic heterocycles. The molecule has 0 spiro atoms. The van der Waals surface area contributed by atoms with Gasteiger partial charge in [-0.3, -0.25) is 4.79 Å². The van der Waals surface area contributed by atoms with Crippen LogP contribution in [0.1, 0.15) is 71.3 Å². The van der Waals surface area contributed by atoms with E-state index < -0.39 is 5.82 Å². The molecule has 238 valence electrons. The Kier molecular flexibility index (Phi) is 20.7. The van der Waals surface area contributed by atoms with Crippen LogP contribution in [0.15, 0.2) is 42.5 Å². The summed E-state index contributed by atoms with van der Waals surface area (Å²) in [5.74, 6) is -0.682. The van der Waals surface area contributed by atoms with Crippen molar-refractivity contribution < 1.29 is 28.6 Å². The predicted molar refractivity (Wildman–Crippen MR) is 170 cm³/mol. The molecule has 2 aromatic rings. The van der Waals surface area contributed by atoms with Crippen molar-refractivity contribution in [1.82, 2.24) is 9.80 Å². The molecule has 7 nitrogen and oxygen atoms in total. The molecule has 1 saturated carbocycles. The zero-order valence-electron chi connectivity index (χ0n) is 26.2. The molecule has 0 bridgehead atoms. The first-order valence-corrected chi connectivity index (χ1v) is 14.9. The number of methoxy groups -OCH3 is 1. The van der Waals surface area contributed by atoms with E-state index in [1.165, 1.54) is 45.3 Å². The Hall–Kier alpha value is -2.55. The molecule has 1 saturated heterocycles. The van der Waals surface area contributed by atoms with Crippen molar-refractivity contribution >= 4 is 35.8 Å². The van der Waals surface area contributed by atoms with Gasteiger partial charge in [-0.15, -0.1) is 0 Å². The molecule has 1 heterocycles. The fourth-order valence-electron chi connectivity index (χ4n) is 3.95. The van der Waals surface area contributed by atoms with E-state index >= 15 is 0 Å². The van der Waals surface area contributed by atoms with E-state index in [-0.39, 0.29) is 22.5 Å². The smallest absolute Gasteiger partial charge is 0.410 e. The topological polar surface area (TPSA) is 79.3 Å². The van der Waals surface area contributed by atoms with Crippen LogP contribution in [0, 0.1) is 12.7 Å². The van der Waals surface area contributed by atoms with Crippen molar-refractivity contribution in [3.63, 3.8) is 0 Å². The number of carbonyl (C=O) groups excluding carboxylic acids is 2. The van der Waals surface area contributed by atoms with Crippen LogP contribution in [0.25, 0.3) is 0 Å². The normalized spacial score (nSPS) is 14.4. The third-order valence-corrected chi connectivity index (χ3v) is 6.82. The van der Waals surface area contributed by atoms with Gasteiger partial charge in [0.05, 0.1) is 12.1 Å². The van der Waals surface area contributed by atoms with E-state index in [9.17, 15) is 9.18 Å². The standard InChI is InChI=1S/C9H17NO2.C8H17N.C7H6ClFO.C6H5Cl.C2H4O2/c1-9(2,3)12-8(11)10-6-4-5-7-10;1-9(2)8-6-4-3-5-7-8;1-4-2-5(10)3-6(9)7(4)8;7-6-4-2-1-3-5-6;1-4-2-3/h4-7H2,1-3H3;8H,3-7H2,1-2H3;2-3,10H,1H3;1-5H;2H,1H3. The van der Waals surface area contributed by atoms with Crippen LogP contribution >= 0.6 is 23.2 Å². The molecule has 2 aliphatic rings. The molecular formula is C32H49Cl2FN2O5. The number of hydrogen-bond acceptors (Lipinski definition) is 6. The van der Waals surface area contributed by atoms with Gasteiger partial charge in [0, 0.05) is 30.2 Å². The minimum Gasteiger partial charge on any atom is -0.508 e. The van der Waals surface area contributed by atoms with E-state index in [0.29, 0.717) is 12.0 Å². The lowest BCUT2D eigenvalue weighted by atomic mass is 9.95. The highest BCUT2D eigenvalue weighted by Crippen LogP contribution is 2.24. The predicted octanol–water partition coefficient (Wildman–Crippen LogP) is 8.52. The lowest BCUT2D eigenvalue weighted by Gasteiger charge is -2.27. The molecular weight excluding hydrogens is 582 g/mol. The van der Waals surface area contributed by atoms with Gasteiger partial charge in [-0.25, -0.2) is 9.18 Å². The first kappa shape index (κ1) is 39.5. The molecule has 0 unspecified atom stereocenters. The Morgan fingerprint density at radius 2 is 1.55 bits per heavy atom. The van der Waals surface area contributed by atoms with E-state index in [1.807, 2.05) is 51.1 Å². The molecule has 0 atom stereocenters. The molecule has 2 aromatic carbocycles. The fraction of sp³-hybridized carbons (Fsp3) is 0.562. The van der Waals surface area contributed by atoms with Gasteiger partial charge in [0.25, 0.3) is 6.47 Å². The van der Waals surface area contributed by atoms with Crippen molar-refractivity contribution in [1.29, 1.82) is 0 Å². The Bertz CT molecular complexity index is 985. The molecule has 10 heteroatoms. The van der Waals surface area contributed by atoms with E-state index in [2.05, 4.69) is 23.7 Å². The molecule has 1 aliphatic carbocycles. The van der Waals surface area contributed by atoms with Crippen LogP contribution in [0.3, 0.4) is 0 Å². The molecule has 1 amide bonds. The minimum atomic E-state index is -0.584. The lowest BCUT2D eigenvalue weighted by molar-refractivity contribution is -0.126. The second-order valence-corrected chi connectivity index (χ2v) is 11.9. The highest BCUT2D eigenvalue weighted by atomic mass is 35.5. The number of phenolic OH excluding ortho intramolecular Hbond substituents is 1. The van der Waals surface area contributed by atoms with Crippen molar-refractivity contribution in [2.24, 2.45) is 0 Å². The monoisotopic (exact) mass is 630 g/mol. The second kappa shape index (κ2) is 22.1. The van der Waals surface area contributed by atoms with Crippen LogP contribution < -0.4 is 0 Å². The summed E-state index contributed by atoms with van der Waals surface area (Å²) in [5.41, 5.74) is 0.179. The molecule has 2 fully saturated rings. The summed E-state index contributed by atoms with van der Waals surface area (Å²) in [5, 5.41) is 9.68. The van der Waals surface area contributed by atoms with Crippen LogP contribution in [0.4, 0.5) is 9.18 Å². The Labute approximate surface area is 261 Å². The van der Waals surface area contributed by atoms with E-state index in [4.69, 9.17) is 37.8 Å². The Balaban J connectivity index is 0.000000518. The summed E-state index contributed by atoms with van der Waals surface area (Å²) in [4.78, 5) is 24.4. The Morgan fingerprint density at radius 1 is 1.02 bits per heavy atom. The van der Waals surface area contributed by atoms with Crippen LogP contribution in [0.2, 0.25) is 10.0 Å². The summed E-state index contributed by atoms with van der Waals surface area (Å²) < 4.78 is 21.6. The average Bonchev–Trinajstić information content (AvgIpc) is 3.49. The zero-order chi connectivity index (χ0) is 32.1. The summed E-state index contributed by atoms with van der Waals surface area (Å²) in [6.07, 6.45) is 9.26. The molecule has 42 heavy (non-hydrogen) atoms. The van der Waals surface area contributed by atoms with Gasteiger partial charge >= 0.3 is 6.09 Å². The quantitative estimate of drug-likeness (QED) is 0.335. The number of likely N-dealkylation sites (tertiary alicyclic amines) is 1. The third kappa shape index (κ3) is 19.5. The largest absolute Gasteiger partial charge is 0.508 e. The fourth-order valence-corrected chi connectivity index (χ4v) is 4.20. The maximum atomic E-state index is 12.5. The van der Waals surface area contributed by atoms with Crippen LogP contribution in [-0.2, 0) is 14.3 Å². The number of aromatic hydroxyl groups is 1. The number of halogens is 3. The number of carbonyl (C=O) groups is 2. The number of phenols is 1. The van der Waals surface area contributed by atoms with E-state index in [1.54, 1.807) is 11.8 Å². The number of benzene rings is 2. The number of hydrogen-bond donors (Lipinski definition) is 1. The van der Waals surface area contributed by atoms with Crippen molar-refractivity contribution in [2.45, 2.75) is 84.3 Å². The molecule has 1 N–H and O–H groups in total. The first-order chi connectivity index (χ1) is 19.7. The lowest BCUT2D eigenvalue weighted by Crippen LogP contribution is -2.34. The highest BCUT2D eigenvalue weighted by Gasteiger charge is 2.23. The number of nitrogens with zero attached hydrogens (tertiary/aromatic N) is 2. The second-order valence-electron chi connectivity index (χ2n) is 11.1. The average molecular weight is 632 g/mol. The number of rotatable bonds is 2. The molecule has 0 radical (unpaired) electrons. The maximum absolute atomic E-state index is 12.5. The maximum Gasteiger partial charge on any atom is 0.410 e. The van der Waals surface area contributed by atoms with Gasteiger partial charge in [0.15, 0.2) is 0 Å². The number of ether oxygens (including phenoxy) is 2.